The number of para-hydroxylation sites is 3. The highest BCUT2D eigenvalue weighted by Crippen LogP contribution is 2.56. The molecule has 4 heteroatoms. The molecule has 0 radical (unpaired) electrons. The minimum absolute atomic E-state index is 0.0932. The summed E-state index contributed by atoms with van der Waals surface area (Å²) in [6.45, 7) is 10.1. The van der Waals surface area contributed by atoms with E-state index in [4.69, 9.17) is 0 Å². The van der Waals surface area contributed by atoms with Gasteiger partial charge in [0, 0.05) is 50.2 Å². The van der Waals surface area contributed by atoms with Crippen LogP contribution in [0.5, 0.6) is 0 Å². The van der Waals surface area contributed by atoms with Crippen LogP contribution in [0.2, 0.25) is 13.1 Å². The highest BCUT2D eigenvalue weighted by atomic mass is 28.3. The van der Waals surface area contributed by atoms with Crippen molar-refractivity contribution in [2.24, 2.45) is 0 Å². The normalized spacial score (nSPS) is 16.7. The summed E-state index contributed by atoms with van der Waals surface area (Å²) in [5.41, 5.74) is 16.8. The molecular formula is C41H31BN2Si. The maximum Gasteiger partial charge on any atom is 0.332 e. The van der Waals surface area contributed by atoms with E-state index in [2.05, 4.69) is 152 Å². The summed E-state index contributed by atoms with van der Waals surface area (Å²) in [4.78, 5) is 2.65. The van der Waals surface area contributed by atoms with Crippen molar-refractivity contribution in [1.29, 1.82) is 0 Å². The molecule has 11 rings (SSSR count). The van der Waals surface area contributed by atoms with Crippen molar-refractivity contribution in [2.45, 2.75) is 32.4 Å². The van der Waals surface area contributed by atoms with E-state index in [0.717, 1.165) is 0 Å². The van der Waals surface area contributed by atoms with Gasteiger partial charge in [-0.25, -0.2) is 0 Å². The third-order valence-electron chi connectivity index (χ3n) is 11.7. The van der Waals surface area contributed by atoms with E-state index in [9.17, 15) is 0 Å². The van der Waals surface area contributed by atoms with Crippen LogP contribution in [0.15, 0.2) is 115 Å². The zero-order valence-corrected chi connectivity index (χ0v) is 26.9. The number of hydrogen-bond donors (Lipinski definition) is 0. The molecule has 0 spiro atoms. The molecule has 7 aromatic rings. The Morgan fingerprint density at radius 2 is 1.36 bits per heavy atom. The van der Waals surface area contributed by atoms with Crippen LogP contribution in [-0.2, 0) is 5.41 Å². The van der Waals surface area contributed by atoms with Crippen LogP contribution in [0.25, 0.3) is 43.9 Å². The minimum atomic E-state index is -1.97. The molecule has 0 amide bonds. The highest BCUT2D eigenvalue weighted by molar-refractivity contribution is 7.04. The van der Waals surface area contributed by atoms with Crippen LogP contribution in [0.1, 0.15) is 25.1 Å². The predicted molar refractivity (Wildman–Crippen MR) is 194 cm³/mol. The molecule has 0 atom stereocenters. The zero-order chi connectivity index (χ0) is 30.0. The average Bonchev–Trinajstić information content (AvgIpc) is 3.53. The topological polar surface area (TPSA) is 8.17 Å². The van der Waals surface area contributed by atoms with Gasteiger partial charge in [-0.05, 0) is 60.9 Å². The summed E-state index contributed by atoms with van der Waals surface area (Å²) in [7, 11) is -1.97. The molecule has 0 saturated heterocycles. The van der Waals surface area contributed by atoms with Crippen molar-refractivity contribution in [3.63, 3.8) is 0 Å². The van der Waals surface area contributed by atoms with Crippen LogP contribution in [-0.4, -0.2) is 19.4 Å². The van der Waals surface area contributed by atoms with Crippen LogP contribution < -0.4 is 26.2 Å². The fourth-order valence-corrected chi connectivity index (χ4v) is 12.9. The van der Waals surface area contributed by atoms with E-state index in [0.29, 0.717) is 0 Å². The molecule has 0 unspecified atom stereocenters. The van der Waals surface area contributed by atoms with E-state index in [1.807, 2.05) is 0 Å². The van der Waals surface area contributed by atoms with Crippen molar-refractivity contribution in [3.05, 3.63) is 127 Å². The predicted octanol–water partition coefficient (Wildman–Crippen LogP) is 7.65. The van der Waals surface area contributed by atoms with Gasteiger partial charge in [0.15, 0.2) is 0 Å². The molecule has 3 aliphatic heterocycles. The largest absolute Gasteiger partial charge is 0.378 e. The maximum absolute atomic E-state index is 2.79. The molecule has 0 bridgehead atoms. The fraction of sp³-hybridized carbons (Fsp3) is 0.122. The number of rotatable bonds is 0. The summed E-state index contributed by atoms with van der Waals surface area (Å²) in [5, 5.41) is 7.10. The first-order valence-electron chi connectivity index (χ1n) is 16.3. The lowest BCUT2D eigenvalue weighted by Crippen LogP contribution is -2.65. The molecule has 45 heavy (non-hydrogen) atoms. The molecule has 2 nitrogen and oxygen atoms in total. The number of anilines is 3. The summed E-state index contributed by atoms with van der Waals surface area (Å²) < 4.78 is 2.79. The Kier molecular flexibility index (Phi) is 4.19. The second-order valence-electron chi connectivity index (χ2n) is 14.5. The van der Waals surface area contributed by atoms with Crippen LogP contribution in [0, 0.1) is 0 Å². The SMILES string of the molecule is CC1(C)c2ccccc2-c2c1n1c3c(cccc23)-c2c3c(cc4ccccc24)N2c4ccccc4[Si](C)(C)c4cccc(c42)B31. The number of nitrogens with zero attached hydrogens (tertiary/aromatic N) is 2. The van der Waals surface area contributed by atoms with E-state index in [1.54, 1.807) is 5.19 Å². The van der Waals surface area contributed by atoms with E-state index < -0.39 is 8.07 Å². The van der Waals surface area contributed by atoms with Crippen molar-refractivity contribution in [3.8, 4) is 22.3 Å². The minimum Gasteiger partial charge on any atom is -0.378 e. The van der Waals surface area contributed by atoms with Gasteiger partial charge in [0.1, 0.15) is 8.07 Å². The van der Waals surface area contributed by atoms with Crippen molar-refractivity contribution in [2.75, 3.05) is 4.90 Å². The van der Waals surface area contributed by atoms with Crippen molar-refractivity contribution >= 4 is 75.0 Å². The summed E-state index contributed by atoms with van der Waals surface area (Å²) >= 11 is 0. The number of aromatic nitrogens is 1. The van der Waals surface area contributed by atoms with Gasteiger partial charge in [0.2, 0.25) is 0 Å². The quantitative estimate of drug-likeness (QED) is 0.165. The Labute approximate surface area is 264 Å². The molecule has 212 valence electrons. The summed E-state index contributed by atoms with van der Waals surface area (Å²) in [6, 6.07) is 44.2. The zero-order valence-electron chi connectivity index (χ0n) is 25.9. The second-order valence-corrected chi connectivity index (χ2v) is 18.8. The molecule has 4 heterocycles. The van der Waals surface area contributed by atoms with Gasteiger partial charge < -0.3 is 9.38 Å². The molecular weight excluding hydrogens is 559 g/mol. The van der Waals surface area contributed by atoms with Crippen molar-refractivity contribution in [1.82, 2.24) is 4.48 Å². The van der Waals surface area contributed by atoms with Gasteiger partial charge in [-0.15, -0.1) is 0 Å². The highest BCUT2D eigenvalue weighted by Gasteiger charge is 2.51. The van der Waals surface area contributed by atoms with Crippen LogP contribution in [0.4, 0.5) is 17.1 Å². The first kappa shape index (κ1) is 24.5. The number of benzene rings is 6. The summed E-state index contributed by atoms with van der Waals surface area (Å²) in [5.74, 6) is 0. The average molecular weight is 591 g/mol. The first-order valence-corrected chi connectivity index (χ1v) is 19.3. The number of hydrogen-bond acceptors (Lipinski definition) is 1. The van der Waals surface area contributed by atoms with E-state index in [-0.39, 0.29) is 12.3 Å². The molecule has 1 aliphatic carbocycles. The monoisotopic (exact) mass is 590 g/mol. The molecule has 1 aromatic heterocycles. The standard InChI is InChI=1S/C41H31BN2Si/c1-41(2)29-18-8-7-15-26(29)36-28-17-11-16-27-35-25-14-6-5-13-24(25)23-32-37(35)42(44(38(27)28)40(36)41)30-19-12-22-34-39(30)43(32)31-20-9-10-21-33(31)45(34,3)4/h5-23H,1-4H3. The lowest BCUT2D eigenvalue weighted by molar-refractivity contribution is 0.632. The third kappa shape index (κ3) is 2.61. The van der Waals surface area contributed by atoms with Gasteiger partial charge in [-0.1, -0.05) is 130 Å². The van der Waals surface area contributed by atoms with Gasteiger partial charge in [0.05, 0.1) is 0 Å². The van der Waals surface area contributed by atoms with Gasteiger partial charge in [-0.3, -0.25) is 0 Å². The summed E-state index contributed by atoms with van der Waals surface area (Å²) in [6.07, 6.45) is 0. The Balaban J connectivity index is 1.39. The molecule has 4 aliphatic rings. The Morgan fingerprint density at radius 3 is 2.27 bits per heavy atom. The Morgan fingerprint density at radius 1 is 0.644 bits per heavy atom. The first-order chi connectivity index (χ1) is 21.9. The van der Waals surface area contributed by atoms with Gasteiger partial charge in [-0.2, -0.15) is 0 Å². The molecule has 6 aromatic carbocycles. The Bertz CT molecular complexity index is 2520. The Hall–Kier alpha value is -4.80. The van der Waals surface area contributed by atoms with Gasteiger partial charge in [0.25, 0.3) is 0 Å². The smallest absolute Gasteiger partial charge is 0.332 e. The van der Waals surface area contributed by atoms with Crippen LogP contribution in [0.3, 0.4) is 0 Å². The maximum atomic E-state index is 2.79. The number of fused-ring (bicyclic) bond motifs is 13. The fourth-order valence-electron chi connectivity index (χ4n) is 9.86. The second kappa shape index (κ2) is 7.70. The third-order valence-corrected chi connectivity index (χ3v) is 15.2. The van der Waals surface area contributed by atoms with Crippen LogP contribution >= 0.6 is 0 Å². The van der Waals surface area contributed by atoms with E-state index >= 15 is 0 Å². The lowest BCUT2D eigenvalue weighted by atomic mass is 9.44. The molecule has 0 saturated carbocycles. The lowest BCUT2D eigenvalue weighted by Gasteiger charge is -2.48. The molecule has 0 N–H and O–H groups in total. The van der Waals surface area contributed by atoms with E-state index in [1.165, 1.54) is 88.4 Å². The van der Waals surface area contributed by atoms with Crippen molar-refractivity contribution < 1.29 is 0 Å². The molecule has 0 fully saturated rings. The van der Waals surface area contributed by atoms with Gasteiger partial charge >= 0.3 is 6.85 Å².